The van der Waals surface area contributed by atoms with Gasteiger partial charge in [-0.1, -0.05) is 54.3 Å². The smallest absolute Gasteiger partial charge is 0.233 e. The van der Waals surface area contributed by atoms with Crippen LogP contribution in [0.2, 0.25) is 0 Å². The number of anilines is 1. The van der Waals surface area contributed by atoms with Gasteiger partial charge in [-0.3, -0.25) is 4.79 Å². The summed E-state index contributed by atoms with van der Waals surface area (Å²) in [7, 11) is 1.81. The van der Waals surface area contributed by atoms with Crippen molar-refractivity contribution in [2.75, 3.05) is 18.5 Å². The van der Waals surface area contributed by atoms with E-state index >= 15 is 0 Å². The lowest BCUT2D eigenvalue weighted by molar-refractivity contribution is -0.127. The lowest BCUT2D eigenvalue weighted by Gasteiger charge is -2.17. The van der Waals surface area contributed by atoms with Crippen molar-refractivity contribution in [3.63, 3.8) is 0 Å². The molecular formula is C14H18N4OS2. The van der Waals surface area contributed by atoms with Crippen molar-refractivity contribution in [1.82, 2.24) is 15.1 Å². The Hall–Kier alpha value is -1.60. The second-order valence-corrected chi connectivity index (χ2v) is 6.85. The Kier molecular flexibility index (Phi) is 5.58. The lowest BCUT2D eigenvalue weighted by atomic mass is 10.1. The van der Waals surface area contributed by atoms with E-state index in [2.05, 4.69) is 41.4 Å². The van der Waals surface area contributed by atoms with Gasteiger partial charge in [-0.25, -0.2) is 0 Å². The Balaban J connectivity index is 1.83. The highest BCUT2D eigenvalue weighted by Crippen LogP contribution is 2.23. The SMILES string of the molecule is CCc1ccc(CN(C)C(=O)CSc2nnc(N)s2)cc1. The fourth-order valence-corrected chi connectivity index (χ4v) is 3.33. The van der Waals surface area contributed by atoms with Gasteiger partial charge in [-0.15, -0.1) is 10.2 Å². The number of nitrogens with two attached hydrogens (primary N) is 1. The number of benzene rings is 1. The molecule has 2 rings (SSSR count). The Morgan fingerprint density at radius 3 is 2.52 bits per heavy atom. The first-order valence-corrected chi connectivity index (χ1v) is 8.42. The highest BCUT2D eigenvalue weighted by Gasteiger charge is 2.11. The maximum atomic E-state index is 12.1. The van der Waals surface area contributed by atoms with Crippen LogP contribution in [0.25, 0.3) is 0 Å². The highest BCUT2D eigenvalue weighted by molar-refractivity contribution is 8.01. The van der Waals surface area contributed by atoms with Crippen LogP contribution in [0.1, 0.15) is 18.1 Å². The maximum Gasteiger partial charge on any atom is 0.233 e. The molecule has 1 aromatic carbocycles. The van der Waals surface area contributed by atoms with Gasteiger partial charge in [0.15, 0.2) is 4.34 Å². The number of carbonyl (C=O) groups is 1. The Bertz CT molecular complexity index is 597. The summed E-state index contributed by atoms with van der Waals surface area (Å²) in [6, 6.07) is 8.35. The zero-order valence-electron chi connectivity index (χ0n) is 12.1. The summed E-state index contributed by atoms with van der Waals surface area (Å²) in [6.07, 6.45) is 1.02. The minimum absolute atomic E-state index is 0.0633. The number of nitrogens with zero attached hydrogens (tertiary/aromatic N) is 3. The number of carbonyl (C=O) groups excluding carboxylic acids is 1. The van der Waals surface area contributed by atoms with Crippen LogP contribution in [-0.4, -0.2) is 33.8 Å². The average Bonchev–Trinajstić information content (AvgIpc) is 2.91. The predicted octanol–water partition coefficient (Wildman–Crippen LogP) is 2.43. The van der Waals surface area contributed by atoms with Crippen LogP contribution in [0, 0.1) is 0 Å². The molecule has 1 amide bonds. The van der Waals surface area contributed by atoms with Gasteiger partial charge in [0.25, 0.3) is 0 Å². The number of amides is 1. The van der Waals surface area contributed by atoms with Crippen LogP contribution in [-0.2, 0) is 17.8 Å². The molecule has 0 saturated heterocycles. The van der Waals surface area contributed by atoms with Crippen molar-refractivity contribution in [2.24, 2.45) is 0 Å². The second kappa shape index (κ2) is 7.42. The van der Waals surface area contributed by atoms with E-state index in [9.17, 15) is 4.79 Å². The van der Waals surface area contributed by atoms with Crippen LogP contribution in [0.4, 0.5) is 5.13 Å². The Labute approximate surface area is 132 Å². The van der Waals surface area contributed by atoms with E-state index in [1.54, 1.807) is 4.90 Å². The van der Waals surface area contributed by atoms with Crippen LogP contribution < -0.4 is 5.73 Å². The average molecular weight is 322 g/mol. The standard InChI is InChI=1S/C14H18N4OS2/c1-3-10-4-6-11(7-5-10)8-18(2)12(19)9-20-14-17-16-13(15)21-14/h4-7H,3,8-9H2,1-2H3,(H2,15,16). The summed E-state index contributed by atoms with van der Waals surface area (Å²) in [5.41, 5.74) is 7.94. The van der Waals surface area contributed by atoms with Gasteiger partial charge in [-0.2, -0.15) is 0 Å². The van der Waals surface area contributed by atoms with Crippen LogP contribution in [0.5, 0.6) is 0 Å². The fourth-order valence-electron chi connectivity index (χ4n) is 1.75. The first-order valence-electron chi connectivity index (χ1n) is 6.62. The summed E-state index contributed by atoms with van der Waals surface area (Å²) >= 11 is 2.67. The first kappa shape index (κ1) is 15.8. The van der Waals surface area contributed by atoms with Crippen molar-refractivity contribution in [3.8, 4) is 0 Å². The van der Waals surface area contributed by atoms with E-state index in [0.717, 1.165) is 16.3 Å². The number of hydrogen-bond acceptors (Lipinski definition) is 6. The van der Waals surface area contributed by atoms with E-state index in [-0.39, 0.29) is 5.91 Å². The van der Waals surface area contributed by atoms with E-state index in [4.69, 9.17) is 5.73 Å². The fraction of sp³-hybridized carbons (Fsp3) is 0.357. The molecular weight excluding hydrogens is 304 g/mol. The van der Waals surface area contributed by atoms with E-state index < -0.39 is 0 Å². The largest absolute Gasteiger partial charge is 0.374 e. The van der Waals surface area contributed by atoms with Crippen molar-refractivity contribution < 1.29 is 4.79 Å². The van der Waals surface area contributed by atoms with Gasteiger partial charge in [-0.05, 0) is 17.5 Å². The molecule has 5 nitrogen and oxygen atoms in total. The van der Waals surface area contributed by atoms with Gasteiger partial charge in [0.05, 0.1) is 5.75 Å². The summed E-state index contributed by atoms with van der Waals surface area (Å²) in [5, 5.41) is 8.04. The van der Waals surface area contributed by atoms with Crippen molar-refractivity contribution >= 4 is 34.1 Å². The van der Waals surface area contributed by atoms with Gasteiger partial charge < -0.3 is 10.6 Å². The predicted molar refractivity (Wildman–Crippen MR) is 87.3 cm³/mol. The molecule has 0 aliphatic heterocycles. The molecule has 0 bridgehead atoms. The first-order chi connectivity index (χ1) is 10.1. The quantitative estimate of drug-likeness (QED) is 0.827. The zero-order valence-corrected chi connectivity index (χ0v) is 13.7. The molecule has 21 heavy (non-hydrogen) atoms. The second-order valence-electron chi connectivity index (χ2n) is 4.61. The van der Waals surface area contributed by atoms with Gasteiger partial charge in [0.1, 0.15) is 0 Å². The molecule has 0 unspecified atom stereocenters. The van der Waals surface area contributed by atoms with Gasteiger partial charge in [0, 0.05) is 13.6 Å². The van der Waals surface area contributed by atoms with Gasteiger partial charge >= 0.3 is 0 Å². The summed E-state index contributed by atoms with van der Waals surface area (Å²) in [5.74, 6) is 0.409. The molecule has 1 heterocycles. The molecule has 0 spiro atoms. The van der Waals surface area contributed by atoms with Gasteiger partial charge in [0.2, 0.25) is 11.0 Å². The summed E-state index contributed by atoms with van der Waals surface area (Å²) < 4.78 is 0.724. The van der Waals surface area contributed by atoms with E-state index in [0.29, 0.717) is 17.4 Å². The lowest BCUT2D eigenvalue weighted by Crippen LogP contribution is -2.27. The molecule has 0 fully saturated rings. The van der Waals surface area contributed by atoms with Crippen molar-refractivity contribution in [1.29, 1.82) is 0 Å². The molecule has 0 atom stereocenters. The van der Waals surface area contributed by atoms with Crippen molar-refractivity contribution in [2.45, 2.75) is 24.2 Å². The molecule has 0 aliphatic carbocycles. The molecule has 0 aliphatic rings. The third-order valence-corrected chi connectivity index (χ3v) is 4.89. The zero-order chi connectivity index (χ0) is 15.2. The van der Waals surface area contributed by atoms with Crippen LogP contribution >= 0.6 is 23.1 Å². The number of thioether (sulfide) groups is 1. The number of hydrogen-bond donors (Lipinski definition) is 1. The van der Waals surface area contributed by atoms with Crippen LogP contribution in [0.15, 0.2) is 28.6 Å². The molecule has 1 aromatic heterocycles. The molecule has 7 heteroatoms. The number of rotatable bonds is 6. The molecule has 0 saturated carbocycles. The minimum atomic E-state index is 0.0633. The molecule has 2 aromatic rings. The monoisotopic (exact) mass is 322 g/mol. The summed E-state index contributed by atoms with van der Waals surface area (Å²) in [4.78, 5) is 13.8. The highest BCUT2D eigenvalue weighted by atomic mass is 32.2. The normalized spacial score (nSPS) is 10.6. The van der Waals surface area contributed by atoms with E-state index in [1.807, 2.05) is 7.05 Å². The topological polar surface area (TPSA) is 72.1 Å². The molecule has 112 valence electrons. The third kappa shape index (κ3) is 4.71. The molecule has 2 N–H and O–H groups in total. The minimum Gasteiger partial charge on any atom is -0.374 e. The van der Waals surface area contributed by atoms with Crippen molar-refractivity contribution in [3.05, 3.63) is 35.4 Å². The number of aryl methyl sites for hydroxylation is 1. The Morgan fingerprint density at radius 2 is 1.95 bits per heavy atom. The van der Waals surface area contributed by atoms with E-state index in [1.165, 1.54) is 28.7 Å². The summed E-state index contributed by atoms with van der Waals surface area (Å²) in [6.45, 7) is 2.74. The Morgan fingerprint density at radius 1 is 1.29 bits per heavy atom. The number of nitrogen functional groups attached to an aromatic ring is 1. The van der Waals surface area contributed by atoms with Crippen LogP contribution in [0.3, 0.4) is 0 Å². The number of aromatic nitrogens is 2. The molecule has 0 radical (unpaired) electrons. The maximum absolute atomic E-state index is 12.1. The third-order valence-electron chi connectivity index (χ3n) is 3.02.